The van der Waals surface area contributed by atoms with Gasteiger partial charge in [0.25, 0.3) is 0 Å². The molecule has 4 rings (SSSR count). The molecule has 2 aromatic rings. The number of para-hydroxylation sites is 1. The second-order valence-corrected chi connectivity index (χ2v) is 11.1. The zero-order chi connectivity index (χ0) is 24.8. The van der Waals surface area contributed by atoms with Gasteiger partial charge in [0, 0.05) is 48.2 Å². The number of carbonyl (C=O) groups is 2. The van der Waals surface area contributed by atoms with Crippen LogP contribution in [0.2, 0.25) is 0 Å². The number of amides is 2. The maximum atomic E-state index is 14.0. The van der Waals surface area contributed by atoms with Gasteiger partial charge in [0.1, 0.15) is 0 Å². The number of aromatic nitrogens is 1. The summed E-state index contributed by atoms with van der Waals surface area (Å²) in [5, 5.41) is 11.2. The summed E-state index contributed by atoms with van der Waals surface area (Å²) in [4.78, 5) is 35.7. The number of H-pyrrole nitrogens is 1. The maximum Gasteiger partial charge on any atom is 0.339 e. The van der Waals surface area contributed by atoms with Crippen LogP contribution in [0.1, 0.15) is 51.8 Å². The van der Waals surface area contributed by atoms with E-state index >= 15 is 0 Å². The van der Waals surface area contributed by atoms with E-state index in [-0.39, 0.29) is 23.6 Å². The fourth-order valence-electron chi connectivity index (χ4n) is 6.35. The highest BCUT2D eigenvalue weighted by Gasteiger charge is 2.46. The summed E-state index contributed by atoms with van der Waals surface area (Å²) in [6, 6.07) is 7.65. The average Bonchev–Trinajstić information content (AvgIpc) is 3.10. The van der Waals surface area contributed by atoms with Crippen molar-refractivity contribution >= 4 is 28.5 Å². The summed E-state index contributed by atoms with van der Waals surface area (Å²) < 4.78 is 0. The Balaban J connectivity index is 1.83. The van der Waals surface area contributed by atoms with Crippen LogP contribution in [-0.4, -0.2) is 76.6 Å². The number of benzene rings is 1. The summed E-state index contributed by atoms with van der Waals surface area (Å²) in [5.74, 6) is -0.494. The first-order valence-corrected chi connectivity index (χ1v) is 12.3. The van der Waals surface area contributed by atoms with Crippen LogP contribution in [-0.2, 0) is 10.2 Å². The molecule has 1 aromatic heterocycles. The Morgan fingerprint density at radius 2 is 1.94 bits per heavy atom. The molecule has 0 radical (unpaired) electrons. The van der Waals surface area contributed by atoms with Gasteiger partial charge >= 0.3 is 12.0 Å². The minimum absolute atomic E-state index is 0.0940. The van der Waals surface area contributed by atoms with Crippen molar-refractivity contribution in [3.63, 3.8) is 0 Å². The van der Waals surface area contributed by atoms with Gasteiger partial charge in [-0.1, -0.05) is 45.9 Å². The largest absolute Gasteiger partial charge is 0.478 e. The van der Waals surface area contributed by atoms with Crippen LogP contribution in [0.4, 0.5) is 4.79 Å². The summed E-state index contributed by atoms with van der Waals surface area (Å²) >= 11 is 0. The second-order valence-electron chi connectivity index (χ2n) is 11.1. The molecule has 2 aliphatic rings. The number of aromatic amines is 1. The van der Waals surface area contributed by atoms with Gasteiger partial charge in [0.15, 0.2) is 0 Å². The third-order valence-electron chi connectivity index (χ3n) is 7.42. The van der Waals surface area contributed by atoms with Crippen molar-refractivity contribution in [3.8, 4) is 0 Å². The third kappa shape index (κ3) is 4.22. The minimum Gasteiger partial charge on any atom is -0.478 e. The Kier molecular flexibility index (Phi) is 6.51. The summed E-state index contributed by atoms with van der Waals surface area (Å²) in [5.41, 5.74) is 2.14. The number of hydrogen-bond donors (Lipinski definition) is 2. The predicted octanol–water partition coefficient (Wildman–Crippen LogP) is 4.60. The van der Waals surface area contributed by atoms with Gasteiger partial charge in [0.05, 0.1) is 11.3 Å². The van der Waals surface area contributed by atoms with E-state index < -0.39 is 11.4 Å². The standard InChI is InChI=1S/C27H38N4O3/c1-17(2)24-27(3,4)22-19-11-7-8-12-21(19)28-23(22)20(25(32)33)16-31(24)26(34)30-13-9-10-18(15-30)14-29(5)6/h7-8,11-12,16-18,24,28H,9-10,13-15H2,1-6H3,(H,32,33)/t18-,24?/m1/s1. The molecule has 184 valence electrons. The molecule has 0 bridgehead atoms. The third-order valence-corrected chi connectivity index (χ3v) is 7.42. The van der Waals surface area contributed by atoms with Crippen LogP contribution in [0, 0.1) is 11.8 Å². The normalized spacial score (nSPS) is 22.6. The maximum absolute atomic E-state index is 14.0. The number of nitrogens with zero attached hydrogens (tertiary/aromatic N) is 3. The Hall–Kier alpha value is -2.80. The number of piperidine rings is 1. The lowest BCUT2D eigenvalue weighted by atomic mass is 9.72. The van der Waals surface area contributed by atoms with Gasteiger partial charge in [-0.05, 0) is 50.4 Å². The number of carbonyl (C=O) groups excluding carboxylic acids is 1. The van der Waals surface area contributed by atoms with Gasteiger partial charge in [-0.3, -0.25) is 4.90 Å². The van der Waals surface area contributed by atoms with E-state index in [1.807, 2.05) is 29.2 Å². The molecule has 1 fully saturated rings. The van der Waals surface area contributed by atoms with Gasteiger partial charge < -0.3 is 19.9 Å². The van der Waals surface area contributed by atoms with Gasteiger partial charge in [-0.25, -0.2) is 9.59 Å². The molecule has 1 saturated heterocycles. The predicted molar refractivity (Wildman–Crippen MR) is 136 cm³/mol. The first-order valence-electron chi connectivity index (χ1n) is 12.3. The van der Waals surface area contributed by atoms with Crippen LogP contribution in [0.15, 0.2) is 30.5 Å². The number of likely N-dealkylation sites (tertiary alicyclic amines) is 1. The number of carboxylic acid groups (broad SMARTS) is 1. The van der Waals surface area contributed by atoms with Gasteiger partial charge in [0.2, 0.25) is 0 Å². The number of aliphatic carboxylic acids is 1. The van der Waals surface area contributed by atoms with E-state index in [1.54, 1.807) is 11.1 Å². The minimum atomic E-state index is -1.03. The van der Waals surface area contributed by atoms with Crippen molar-refractivity contribution in [3.05, 3.63) is 41.7 Å². The first kappa shape index (κ1) is 24.3. The second kappa shape index (κ2) is 9.10. The van der Waals surface area contributed by atoms with Crippen molar-refractivity contribution in [2.24, 2.45) is 11.8 Å². The molecular weight excluding hydrogens is 428 g/mol. The number of nitrogens with one attached hydrogen (secondary N) is 1. The lowest BCUT2D eigenvalue weighted by Gasteiger charge is -2.45. The molecular formula is C27H38N4O3. The smallest absolute Gasteiger partial charge is 0.339 e. The zero-order valence-electron chi connectivity index (χ0n) is 21.3. The number of carboxylic acids is 1. The molecule has 7 nitrogen and oxygen atoms in total. The summed E-state index contributed by atoms with van der Waals surface area (Å²) in [7, 11) is 4.12. The monoisotopic (exact) mass is 466 g/mol. The molecule has 2 N–H and O–H groups in total. The Bertz CT molecular complexity index is 1110. The molecule has 7 heteroatoms. The van der Waals surface area contributed by atoms with Crippen molar-refractivity contribution in [1.29, 1.82) is 0 Å². The van der Waals surface area contributed by atoms with E-state index in [1.165, 1.54) is 0 Å². The van der Waals surface area contributed by atoms with E-state index in [4.69, 9.17) is 0 Å². The molecule has 0 saturated carbocycles. The quantitative estimate of drug-likeness (QED) is 0.690. The summed E-state index contributed by atoms with van der Waals surface area (Å²) in [6.45, 7) is 10.9. The molecule has 3 heterocycles. The lowest BCUT2D eigenvalue weighted by molar-refractivity contribution is -0.130. The molecule has 2 atom stereocenters. The Morgan fingerprint density at radius 3 is 2.59 bits per heavy atom. The molecule has 1 unspecified atom stereocenters. The highest BCUT2D eigenvalue weighted by Crippen LogP contribution is 2.45. The molecule has 34 heavy (non-hydrogen) atoms. The van der Waals surface area contributed by atoms with Crippen molar-refractivity contribution in [1.82, 2.24) is 19.7 Å². The van der Waals surface area contributed by atoms with Gasteiger partial charge in [-0.15, -0.1) is 0 Å². The molecule has 0 aliphatic carbocycles. The van der Waals surface area contributed by atoms with E-state index in [9.17, 15) is 14.7 Å². The fourth-order valence-corrected chi connectivity index (χ4v) is 6.35. The summed E-state index contributed by atoms with van der Waals surface area (Å²) in [6.07, 6.45) is 3.66. The van der Waals surface area contributed by atoms with E-state index in [0.29, 0.717) is 24.7 Å². The molecule has 2 amide bonds. The molecule has 0 spiro atoms. The number of rotatable bonds is 4. The number of urea groups is 1. The zero-order valence-corrected chi connectivity index (χ0v) is 21.3. The first-order chi connectivity index (χ1) is 16.0. The SMILES string of the molecule is CC(C)C1N(C(=O)N2CCC[C@H](CN(C)C)C2)C=C(C(=O)O)c2[nH]c3ccccc3c2C1(C)C. The Morgan fingerprint density at radius 1 is 1.24 bits per heavy atom. The number of fused-ring (bicyclic) bond motifs is 3. The number of hydrogen-bond acceptors (Lipinski definition) is 3. The highest BCUT2D eigenvalue weighted by atomic mass is 16.4. The molecule has 2 aliphatic heterocycles. The van der Waals surface area contributed by atoms with Crippen LogP contribution in [0.5, 0.6) is 0 Å². The van der Waals surface area contributed by atoms with Crippen LogP contribution in [0.25, 0.3) is 16.5 Å². The van der Waals surface area contributed by atoms with E-state index in [0.717, 1.165) is 35.9 Å². The van der Waals surface area contributed by atoms with Crippen molar-refractivity contribution in [2.75, 3.05) is 33.7 Å². The van der Waals surface area contributed by atoms with Gasteiger partial charge in [-0.2, -0.15) is 0 Å². The van der Waals surface area contributed by atoms with E-state index in [2.05, 4.69) is 51.7 Å². The van der Waals surface area contributed by atoms with Crippen LogP contribution < -0.4 is 0 Å². The lowest BCUT2D eigenvalue weighted by Crippen LogP contribution is -2.55. The average molecular weight is 467 g/mol. The van der Waals surface area contributed by atoms with Crippen molar-refractivity contribution < 1.29 is 14.7 Å². The highest BCUT2D eigenvalue weighted by molar-refractivity contribution is 6.17. The van der Waals surface area contributed by atoms with Crippen molar-refractivity contribution in [2.45, 2.75) is 52.0 Å². The molecule has 1 aromatic carbocycles. The topological polar surface area (TPSA) is 79.9 Å². The fraction of sp³-hybridized carbons (Fsp3) is 0.556. The van der Waals surface area contributed by atoms with Crippen LogP contribution in [0.3, 0.4) is 0 Å². The van der Waals surface area contributed by atoms with Crippen LogP contribution >= 0.6 is 0 Å². The Labute approximate surface area is 202 Å².